The van der Waals surface area contributed by atoms with Crippen molar-refractivity contribution in [2.45, 2.75) is 38.1 Å². The number of rotatable bonds is 5. The van der Waals surface area contributed by atoms with E-state index in [2.05, 4.69) is 5.32 Å². The molecule has 1 saturated carbocycles. The van der Waals surface area contributed by atoms with Crippen molar-refractivity contribution >= 4 is 12.0 Å². The van der Waals surface area contributed by atoms with Crippen LogP contribution in [0.25, 0.3) is 0 Å². The quantitative estimate of drug-likeness (QED) is 0.798. The summed E-state index contributed by atoms with van der Waals surface area (Å²) in [5.41, 5.74) is 0. The Morgan fingerprint density at radius 1 is 1.30 bits per heavy atom. The second-order valence-corrected chi connectivity index (χ2v) is 5.83. The minimum Gasteiger partial charge on any atom is -0.481 e. The molecule has 20 heavy (non-hydrogen) atoms. The number of hydrogen-bond acceptors (Lipinski definition) is 3. The van der Waals surface area contributed by atoms with Gasteiger partial charge in [0.25, 0.3) is 0 Å². The van der Waals surface area contributed by atoms with E-state index in [0.29, 0.717) is 13.2 Å². The molecule has 6 nitrogen and oxygen atoms in total. The Bertz CT molecular complexity index is 355. The van der Waals surface area contributed by atoms with E-state index in [4.69, 9.17) is 9.84 Å². The third-order valence-corrected chi connectivity index (χ3v) is 4.49. The maximum Gasteiger partial charge on any atom is 0.317 e. The maximum absolute atomic E-state index is 12.0. The highest BCUT2D eigenvalue weighted by Crippen LogP contribution is 2.27. The van der Waals surface area contributed by atoms with Crippen LogP contribution in [0.1, 0.15) is 32.1 Å². The summed E-state index contributed by atoms with van der Waals surface area (Å²) in [7, 11) is 1.64. The number of carbonyl (C=O) groups is 2. The highest BCUT2D eigenvalue weighted by molar-refractivity contribution is 5.77. The van der Waals surface area contributed by atoms with Gasteiger partial charge in [-0.15, -0.1) is 0 Å². The molecule has 1 saturated heterocycles. The zero-order chi connectivity index (χ0) is 14.5. The molecule has 6 heteroatoms. The van der Waals surface area contributed by atoms with Gasteiger partial charge in [-0.3, -0.25) is 4.79 Å². The minimum absolute atomic E-state index is 0.180. The van der Waals surface area contributed by atoms with Crippen molar-refractivity contribution in [1.82, 2.24) is 10.2 Å². The van der Waals surface area contributed by atoms with Crippen LogP contribution in [-0.4, -0.2) is 54.9 Å². The molecular formula is C14H24N2O4. The predicted octanol–water partition coefficient (Wildman–Crippen LogP) is 1.31. The van der Waals surface area contributed by atoms with Crippen LogP contribution in [0.3, 0.4) is 0 Å². The Balaban J connectivity index is 1.74. The van der Waals surface area contributed by atoms with Crippen molar-refractivity contribution in [3.8, 4) is 0 Å². The van der Waals surface area contributed by atoms with Gasteiger partial charge in [-0.05, 0) is 12.3 Å². The summed E-state index contributed by atoms with van der Waals surface area (Å²) in [4.78, 5) is 24.6. The van der Waals surface area contributed by atoms with Crippen molar-refractivity contribution in [3.05, 3.63) is 0 Å². The monoisotopic (exact) mass is 284 g/mol. The van der Waals surface area contributed by atoms with Gasteiger partial charge in [0.1, 0.15) is 5.92 Å². The molecule has 0 radical (unpaired) electrons. The molecule has 2 N–H and O–H groups in total. The van der Waals surface area contributed by atoms with Crippen LogP contribution in [0.5, 0.6) is 0 Å². The fourth-order valence-electron chi connectivity index (χ4n) is 3.12. The molecule has 1 heterocycles. The number of carbonyl (C=O) groups excluding carboxylic acids is 1. The lowest BCUT2D eigenvalue weighted by atomic mass is 10.0. The van der Waals surface area contributed by atoms with E-state index in [1.54, 1.807) is 7.05 Å². The number of nitrogens with zero attached hydrogens (tertiary/aromatic N) is 1. The van der Waals surface area contributed by atoms with Gasteiger partial charge in [-0.2, -0.15) is 0 Å². The molecule has 2 rings (SSSR count). The molecule has 1 aliphatic carbocycles. The van der Waals surface area contributed by atoms with Crippen LogP contribution in [0.15, 0.2) is 0 Å². The predicted molar refractivity (Wildman–Crippen MR) is 73.5 cm³/mol. The van der Waals surface area contributed by atoms with Gasteiger partial charge in [-0.1, -0.05) is 25.7 Å². The Labute approximate surface area is 119 Å². The zero-order valence-corrected chi connectivity index (χ0v) is 12.0. The number of aliphatic carboxylic acids is 1. The fourth-order valence-corrected chi connectivity index (χ4v) is 3.12. The molecule has 2 fully saturated rings. The number of hydrogen-bond donors (Lipinski definition) is 2. The SMILES string of the molecule is CN(C(=O)NCCC1CCCC1)C1COCC1C(=O)O. The average Bonchev–Trinajstić information content (AvgIpc) is 3.08. The summed E-state index contributed by atoms with van der Waals surface area (Å²) in [6.45, 7) is 1.14. The van der Waals surface area contributed by atoms with Gasteiger partial charge in [-0.25, -0.2) is 4.79 Å². The minimum atomic E-state index is -0.905. The van der Waals surface area contributed by atoms with Gasteiger partial charge in [0.15, 0.2) is 0 Å². The lowest BCUT2D eigenvalue weighted by Gasteiger charge is -2.26. The molecule has 2 atom stereocenters. The smallest absolute Gasteiger partial charge is 0.317 e. The standard InChI is InChI=1S/C14H24N2O4/c1-16(12-9-20-8-11(12)13(17)18)14(19)15-7-6-10-4-2-3-5-10/h10-12H,2-9H2,1H3,(H,15,19)(H,17,18). The van der Waals surface area contributed by atoms with Crippen molar-refractivity contribution in [2.75, 3.05) is 26.8 Å². The molecule has 1 aliphatic heterocycles. The fraction of sp³-hybridized carbons (Fsp3) is 0.857. The molecular weight excluding hydrogens is 260 g/mol. The van der Waals surface area contributed by atoms with E-state index >= 15 is 0 Å². The first-order valence-corrected chi connectivity index (χ1v) is 7.41. The number of likely N-dealkylation sites (N-methyl/N-ethyl adjacent to an activating group) is 1. The Morgan fingerprint density at radius 3 is 2.65 bits per heavy atom. The molecule has 2 aliphatic rings. The van der Waals surface area contributed by atoms with Crippen molar-refractivity contribution in [2.24, 2.45) is 11.8 Å². The second-order valence-electron chi connectivity index (χ2n) is 5.83. The molecule has 114 valence electrons. The molecule has 0 aromatic rings. The lowest BCUT2D eigenvalue weighted by Crippen LogP contribution is -2.48. The van der Waals surface area contributed by atoms with Crippen LogP contribution >= 0.6 is 0 Å². The summed E-state index contributed by atoms with van der Waals surface area (Å²) in [5, 5.41) is 12.0. The number of urea groups is 1. The summed E-state index contributed by atoms with van der Waals surface area (Å²) in [6, 6.07) is -0.580. The van der Waals surface area contributed by atoms with E-state index in [1.165, 1.54) is 30.6 Å². The van der Waals surface area contributed by atoms with Crippen molar-refractivity contribution in [3.63, 3.8) is 0 Å². The van der Waals surface area contributed by atoms with E-state index in [0.717, 1.165) is 12.3 Å². The van der Waals surface area contributed by atoms with E-state index in [-0.39, 0.29) is 18.7 Å². The first kappa shape index (κ1) is 15.1. The van der Waals surface area contributed by atoms with Crippen LogP contribution < -0.4 is 5.32 Å². The maximum atomic E-state index is 12.0. The third-order valence-electron chi connectivity index (χ3n) is 4.49. The number of nitrogens with one attached hydrogen (secondary N) is 1. The highest BCUT2D eigenvalue weighted by atomic mass is 16.5. The number of amides is 2. The molecule has 2 unspecified atom stereocenters. The molecule has 0 aromatic heterocycles. The Hall–Kier alpha value is -1.30. The first-order valence-electron chi connectivity index (χ1n) is 7.41. The third kappa shape index (κ3) is 3.62. The van der Waals surface area contributed by atoms with Crippen LogP contribution in [-0.2, 0) is 9.53 Å². The highest BCUT2D eigenvalue weighted by Gasteiger charge is 2.38. The molecule has 0 spiro atoms. The van der Waals surface area contributed by atoms with E-state index in [9.17, 15) is 9.59 Å². The molecule has 2 amide bonds. The zero-order valence-electron chi connectivity index (χ0n) is 12.0. The van der Waals surface area contributed by atoms with Crippen LogP contribution in [0, 0.1) is 11.8 Å². The topological polar surface area (TPSA) is 78.9 Å². The number of ether oxygens (including phenoxy) is 1. The summed E-state index contributed by atoms with van der Waals surface area (Å²) < 4.78 is 5.19. The Morgan fingerprint density at radius 2 is 2.00 bits per heavy atom. The molecule has 0 aromatic carbocycles. The lowest BCUT2D eigenvalue weighted by molar-refractivity contribution is -0.142. The summed E-state index contributed by atoms with van der Waals surface area (Å²) in [6.07, 6.45) is 6.16. The van der Waals surface area contributed by atoms with E-state index in [1.807, 2.05) is 0 Å². The normalized spacial score (nSPS) is 26.6. The first-order chi connectivity index (χ1) is 9.59. The largest absolute Gasteiger partial charge is 0.481 e. The van der Waals surface area contributed by atoms with Gasteiger partial charge >= 0.3 is 12.0 Å². The number of carboxylic acid groups (broad SMARTS) is 1. The van der Waals surface area contributed by atoms with Gasteiger partial charge in [0.2, 0.25) is 0 Å². The number of carboxylic acids is 1. The van der Waals surface area contributed by atoms with Crippen LogP contribution in [0.2, 0.25) is 0 Å². The van der Waals surface area contributed by atoms with E-state index < -0.39 is 11.9 Å². The van der Waals surface area contributed by atoms with Gasteiger partial charge < -0.3 is 20.1 Å². The van der Waals surface area contributed by atoms with Crippen molar-refractivity contribution in [1.29, 1.82) is 0 Å². The Kier molecular flexibility index (Phi) is 5.23. The van der Waals surface area contributed by atoms with Gasteiger partial charge in [0.05, 0.1) is 19.3 Å². The van der Waals surface area contributed by atoms with Crippen LogP contribution in [0.4, 0.5) is 4.79 Å². The second kappa shape index (κ2) is 6.92. The average molecular weight is 284 g/mol. The summed E-state index contributed by atoms with van der Waals surface area (Å²) in [5.74, 6) is -0.791. The summed E-state index contributed by atoms with van der Waals surface area (Å²) >= 11 is 0. The van der Waals surface area contributed by atoms with Crippen molar-refractivity contribution < 1.29 is 19.4 Å². The van der Waals surface area contributed by atoms with Gasteiger partial charge in [0, 0.05) is 13.6 Å². The molecule has 0 bridgehead atoms.